The molecule has 3 aromatic rings. The molecule has 1 aromatic heterocycles. The third-order valence-corrected chi connectivity index (χ3v) is 5.41. The Labute approximate surface area is 178 Å². The molecule has 1 N–H and O–H groups in total. The van der Waals surface area contributed by atoms with E-state index in [9.17, 15) is 9.59 Å². The minimum atomic E-state index is -0.603. The van der Waals surface area contributed by atoms with Crippen molar-refractivity contribution in [1.82, 2.24) is 10.1 Å². The van der Waals surface area contributed by atoms with E-state index >= 15 is 0 Å². The van der Waals surface area contributed by atoms with Crippen molar-refractivity contribution in [3.63, 3.8) is 0 Å². The van der Waals surface area contributed by atoms with Crippen molar-refractivity contribution < 1.29 is 14.2 Å². The third kappa shape index (κ3) is 3.39. The van der Waals surface area contributed by atoms with Crippen LogP contribution in [-0.2, 0) is 4.79 Å². The SMILES string of the molecule is C=CCOc1ccc([C@@H]2N(C(C)=O)c3ccccc3-c3c(=O)[nH]c(SC)n[n+]32)cc1. The second-order valence-electron chi connectivity index (χ2n) is 6.71. The Morgan fingerprint density at radius 2 is 2.03 bits per heavy atom. The summed E-state index contributed by atoms with van der Waals surface area (Å²) in [6, 6.07) is 14.8. The molecule has 2 aromatic carbocycles. The molecular weight excluding hydrogens is 400 g/mol. The van der Waals surface area contributed by atoms with Crippen LogP contribution in [0.25, 0.3) is 11.3 Å². The summed E-state index contributed by atoms with van der Waals surface area (Å²) in [5.74, 6) is 0.545. The highest BCUT2D eigenvalue weighted by Crippen LogP contribution is 2.37. The molecule has 4 rings (SSSR count). The van der Waals surface area contributed by atoms with E-state index in [0.717, 1.165) is 5.56 Å². The predicted octanol–water partition coefficient (Wildman–Crippen LogP) is 2.92. The van der Waals surface area contributed by atoms with E-state index in [0.29, 0.717) is 34.5 Å². The molecule has 0 saturated heterocycles. The molecular formula is C22H21N4O3S+. The number of H-pyrrole nitrogens is 1. The Bertz CT molecular complexity index is 1170. The van der Waals surface area contributed by atoms with E-state index in [1.165, 1.54) is 18.7 Å². The molecule has 30 heavy (non-hydrogen) atoms. The highest BCUT2D eigenvalue weighted by molar-refractivity contribution is 7.98. The number of aromatic nitrogens is 3. The summed E-state index contributed by atoms with van der Waals surface area (Å²) < 4.78 is 7.21. The Kier molecular flexibility index (Phi) is 5.41. The minimum Gasteiger partial charge on any atom is -0.490 e. The first kappa shape index (κ1) is 19.9. The molecule has 0 spiro atoms. The van der Waals surface area contributed by atoms with Crippen LogP contribution in [0.5, 0.6) is 5.75 Å². The van der Waals surface area contributed by atoms with Gasteiger partial charge in [0.05, 0.1) is 11.3 Å². The number of amides is 1. The van der Waals surface area contributed by atoms with Crippen LogP contribution in [0.4, 0.5) is 5.69 Å². The number of hydrogen-bond donors (Lipinski definition) is 1. The molecule has 0 fully saturated rings. The van der Waals surface area contributed by atoms with Crippen LogP contribution in [0.2, 0.25) is 0 Å². The van der Waals surface area contributed by atoms with Crippen LogP contribution in [0.1, 0.15) is 18.7 Å². The standard InChI is InChI=1S/C22H20N4O3S/c1-4-13-29-16-11-9-15(10-12-16)21-25(14(2)27)18-8-6-5-7-17(18)19-20(28)23-22(30-3)24-26(19)21/h4-12,21H,1,13H2,2-3H3/p+1/t21-/m1/s1. The van der Waals surface area contributed by atoms with E-state index < -0.39 is 6.17 Å². The van der Waals surface area contributed by atoms with Gasteiger partial charge in [0, 0.05) is 17.6 Å². The summed E-state index contributed by atoms with van der Waals surface area (Å²) in [6.45, 7) is 5.57. The summed E-state index contributed by atoms with van der Waals surface area (Å²) >= 11 is 1.34. The molecule has 1 atom stereocenters. The molecule has 0 aliphatic carbocycles. The van der Waals surface area contributed by atoms with Gasteiger partial charge < -0.3 is 4.74 Å². The average Bonchev–Trinajstić information content (AvgIpc) is 2.76. The Morgan fingerprint density at radius 3 is 2.70 bits per heavy atom. The van der Waals surface area contributed by atoms with Gasteiger partial charge >= 0.3 is 11.3 Å². The number of hydrogen-bond acceptors (Lipinski definition) is 5. The maximum atomic E-state index is 13.0. The Morgan fingerprint density at radius 1 is 1.30 bits per heavy atom. The zero-order chi connectivity index (χ0) is 21.3. The Hall–Kier alpha value is -3.39. The van der Waals surface area contributed by atoms with Crippen molar-refractivity contribution in [3.8, 4) is 17.0 Å². The van der Waals surface area contributed by atoms with Gasteiger partial charge in [-0.05, 0) is 47.3 Å². The number of nitrogens with zero attached hydrogens (tertiary/aromatic N) is 3. The molecule has 8 heteroatoms. The largest absolute Gasteiger partial charge is 0.490 e. The number of thioether (sulfide) groups is 1. The molecule has 1 amide bonds. The summed E-state index contributed by atoms with van der Waals surface area (Å²) in [7, 11) is 0. The summed E-state index contributed by atoms with van der Waals surface area (Å²) in [5, 5.41) is 5.11. The van der Waals surface area contributed by atoms with Gasteiger partial charge in [0.25, 0.3) is 6.17 Å². The molecule has 1 aliphatic rings. The summed E-state index contributed by atoms with van der Waals surface area (Å²) in [4.78, 5) is 30.2. The number of carbonyl (C=O) groups is 1. The first-order chi connectivity index (χ1) is 14.5. The maximum Gasteiger partial charge on any atom is 0.325 e. The number of para-hydroxylation sites is 1. The Balaban J connectivity index is 1.95. The molecule has 1 aliphatic heterocycles. The molecule has 0 bridgehead atoms. The second kappa shape index (κ2) is 8.16. The fourth-order valence-electron chi connectivity index (χ4n) is 3.60. The molecule has 152 valence electrons. The summed E-state index contributed by atoms with van der Waals surface area (Å²) in [6.07, 6.45) is 2.91. The van der Waals surface area contributed by atoms with Gasteiger partial charge in [-0.3, -0.25) is 14.6 Å². The molecule has 0 unspecified atom stereocenters. The topological polar surface area (TPSA) is 79.2 Å². The third-order valence-electron chi connectivity index (χ3n) is 4.84. The highest BCUT2D eigenvalue weighted by atomic mass is 32.2. The van der Waals surface area contributed by atoms with Crippen molar-refractivity contribution in [3.05, 3.63) is 77.1 Å². The second-order valence-corrected chi connectivity index (χ2v) is 7.50. The lowest BCUT2D eigenvalue weighted by Gasteiger charge is -2.31. The number of rotatable bonds is 5. The molecule has 2 heterocycles. The van der Waals surface area contributed by atoms with Gasteiger partial charge in [0.1, 0.15) is 12.4 Å². The van der Waals surface area contributed by atoms with E-state index in [4.69, 9.17) is 4.74 Å². The van der Waals surface area contributed by atoms with Gasteiger partial charge in [-0.2, -0.15) is 0 Å². The van der Waals surface area contributed by atoms with Crippen LogP contribution in [0.3, 0.4) is 0 Å². The van der Waals surface area contributed by atoms with Crippen molar-refractivity contribution in [2.75, 3.05) is 17.8 Å². The minimum absolute atomic E-state index is 0.148. The lowest BCUT2D eigenvalue weighted by Crippen LogP contribution is -2.60. The van der Waals surface area contributed by atoms with Crippen molar-refractivity contribution >= 4 is 23.4 Å². The van der Waals surface area contributed by atoms with E-state index in [2.05, 4.69) is 16.7 Å². The zero-order valence-corrected chi connectivity index (χ0v) is 17.5. The highest BCUT2D eigenvalue weighted by Gasteiger charge is 2.44. The van der Waals surface area contributed by atoms with E-state index in [1.54, 1.807) is 15.7 Å². The fraction of sp³-hybridized carbons (Fsp3) is 0.182. The van der Waals surface area contributed by atoms with Crippen molar-refractivity contribution in [2.24, 2.45) is 0 Å². The lowest BCUT2D eigenvalue weighted by atomic mass is 10.0. The molecule has 0 radical (unpaired) electrons. The number of benzene rings is 2. The van der Waals surface area contributed by atoms with Gasteiger partial charge in [-0.25, -0.2) is 4.90 Å². The predicted molar refractivity (Wildman–Crippen MR) is 116 cm³/mol. The van der Waals surface area contributed by atoms with Gasteiger partial charge in [0.2, 0.25) is 11.1 Å². The van der Waals surface area contributed by atoms with Crippen LogP contribution in [0, 0.1) is 0 Å². The average molecular weight is 422 g/mol. The molecule has 7 nitrogen and oxygen atoms in total. The van der Waals surface area contributed by atoms with E-state index in [-0.39, 0.29) is 11.5 Å². The molecule has 0 saturated carbocycles. The zero-order valence-electron chi connectivity index (χ0n) is 16.7. The number of ether oxygens (including phenoxy) is 1. The van der Waals surface area contributed by atoms with Crippen molar-refractivity contribution in [2.45, 2.75) is 18.2 Å². The van der Waals surface area contributed by atoms with Crippen molar-refractivity contribution in [1.29, 1.82) is 0 Å². The van der Waals surface area contributed by atoms with Crippen LogP contribution in [0.15, 0.2) is 71.1 Å². The van der Waals surface area contributed by atoms with Gasteiger partial charge in [-0.15, -0.1) is 0 Å². The smallest absolute Gasteiger partial charge is 0.325 e. The summed E-state index contributed by atoms with van der Waals surface area (Å²) in [5.41, 5.74) is 2.31. The number of aromatic amines is 1. The normalized spacial score (nSPS) is 14.6. The number of carbonyl (C=O) groups excluding carboxylic acids is 1. The number of nitrogens with one attached hydrogen (secondary N) is 1. The monoisotopic (exact) mass is 421 g/mol. The van der Waals surface area contributed by atoms with Crippen LogP contribution >= 0.6 is 11.8 Å². The van der Waals surface area contributed by atoms with Gasteiger partial charge in [0.15, 0.2) is 0 Å². The number of anilines is 1. The van der Waals surface area contributed by atoms with E-state index in [1.807, 2.05) is 54.8 Å². The number of fused-ring (bicyclic) bond motifs is 3. The lowest BCUT2D eigenvalue weighted by molar-refractivity contribution is -0.763. The first-order valence-corrected chi connectivity index (χ1v) is 10.6. The maximum absolute atomic E-state index is 13.0. The van der Waals surface area contributed by atoms with Crippen LogP contribution in [-0.4, -0.2) is 28.9 Å². The van der Waals surface area contributed by atoms with Crippen LogP contribution < -0.4 is 19.9 Å². The fourth-order valence-corrected chi connectivity index (χ4v) is 3.96. The quantitative estimate of drug-likeness (QED) is 0.389. The van der Waals surface area contributed by atoms with Gasteiger partial charge in [-0.1, -0.05) is 36.5 Å². The first-order valence-electron chi connectivity index (χ1n) is 9.38.